The fraction of sp³-hybridized carbons (Fsp3) is 0.375. The smallest absolute Gasteiger partial charge is 0.409 e. The molecule has 7 aliphatic rings. The molecule has 7 heterocycles. The van der Waals surface area contributed by atoms with Crippen LogP contribution in [0.3, 0.4) is 0 Å². The summed E-state index contributed by atoms with van der Waals surface area (Å²) < 4.78 is 67.1. The summed E-state index contributed by atoms with van der Waals surface area (Å²) >= 11 is 0. The van der Waals surface area contributed by atoms with E-state index in [0.29, 0.717) is 23.0 Å². The van der Waals surface area contributed by atoms with E-state index in [1.807, 2.05) is 76.2 Å². The summed E-state index contributed by atoms with van der Waals surface area (Å²) in [6.07, 6.45) is -8.57. The molecular weight excluding hydrogens is 1140 g/mol. The molecule has 4 N–H and O–H groups in total. The second kappa shape index (κ2) is 33.1. The molecule has 0 aromatic heterocycles. The molecule has 4 amide bonds. The maximum atomic E-state index is 13.0. The highest BCUT2D eigenvalue weighted by Crippen LogP contribution is 2.35. The second-order valence-corrected chi connectivity index (χ2v) is 21.3. The van der Waals surface area contributed by atoms with Gasteiger partial charge in [0.15, 0.2) is 24.4 Å². The minimum absolute atomic E-state index is 0.113. The Labute approximate surface area is 510 Å². The van der Waals surface area contributed by atoms with Crippen molar-refractivity contribution in [3.05, 3.63) is 168 Å². The largest absolute Gasteiger partial charge is 0.490 e. The van der Waals surface area contributed by atoms with Crippen LogP contribution in [0.4, 0.5) is 19.2 Å². The van der Waals surface area contributed by atoms with Crippen molar-refractivity contribution in [2.75, 3.05) is 66.2 Å². The summed E-state index contributed by atoms with van der Waals surface area (Å²) in [5.74, 6) is -1.34. The summed E-state index contributed by atoms with van der Waals surface area (Å²) in [6, 6.07) is 28.5. The Bertz CT molecular complexity index is 2710. The number of benzene rings is 4. The van der Waals surface area contributed by atoms with Gasteiger partial charge in [-0.25, -0.2) is 38.4 Å². The zero-order valence-corrected chi connectivity index (χ0v) is 50.6. The summed E-state index contributed by atoms with van der Waals surface area (Å²) in [7, 11) is 0. The van der Waals surface area contributed by atoms with Crippen molar-refractivity contribution in [2.24, 2.45) is 0 Å². The van der Waals surface area contributed by atoms with Gasteiger partial charge < -0.3 is 78.1 Å². The van der Waals surface area contributed by atoms with E-state index in [1.54, 1.807) is 48.5 Å². The molecule has 0 spiro atoms. The lowest BCUT2D eigenvalue weighted by Crippen LogP contribution is -2.42. The highest BCUT2D eigenvalue weighted by Gasteiger charge is 2.28. The van der Waals surface area contributed by atoms with Gasteiger partial charge in [-0.15, -0.1) is 0 Å². The highest BCUT2D eigenvalue weighted by molar-refractivity contribution is 5.88. The number of rotatable bonds is 12. The number of esters is 4. The van der Waals surface area contributed by atoms with Crippen molar-refractivity contribution < 1.29 is 95.2 Å². The molecule has 24 nitrogen and oxygen atoms in total. The van der Waals surface area contributed by atoms with Crippen LogP contribution in [0.2, 0.25) is 0 Å². The molecule has 472 valence electrons. The molecule has 88 heavy (non-hydrogen) atoms. The van der Waals surface area contributed by atoms with E-state index in [4.69, 9.17) is 56.8 Å². The number of hydrogen-bond acceptors (Lipinski definition) is 20. The Morgan fingerprint density at radius 1 is 0.375 bits per heavy atom. The molecule has 0 saturated heterocycles. The van der Waals surface area contributed by atoms with Gasteiger partial charge in [0.2, 0.25) is 0 Å². The van der Waals surface area contributed by atoms with Crippen LogP contribution in [-0.4, -0.2) is 139 Å². The zero-order valence-electron chi connectivity index (χ0n) is 50.6. The number of amides is 4. The van der Waals surface area contributed by atoms with Crippen LogP contribution in [-0.2, 0) is 67.9 Å². The van der Waals surface area contributed by atoms with Crippen LogP contribution < -0.4 is 40.2 Å². The highest BCUT2D eigenvalue weighted by atomic mass is 16.6. The molecule has 4 aromatic rings. The molecule has 0 saturated carbocycles. The van der Waals surface area contributed by atoms with Crippen molar-refractivity contribution in [3.63, 3.8) is 0 Å². The molecule has 4 aromatic carbocycles. The predicted octanol–water partition coefficient (Wildman–Crippen LogP) is 8.34. The van der Waals surface area contributed by atoms with E-state index in [9.17, 15) is 38.4 Å². The Kier molecular flexibility index (Phi) is 25.8. The first-order valence-electron chi connectivity index (χ1n) is 27.7. The number of carbonyl (C=O) groups is 8. The number of nitrogens with one attached hydrogen (secondary N) is 4. The molecule has 4 atom stereocenters. The van der Waals surface area contributed by atoms with Crippen LogP contribution >= 0.6 is 0 Å². The molecule has 0 aliphatic carbocycles. The number of ether oxygens (including phenoxy) is 12. The number of alkyl carbamates (subject to hydrolysis) is 4. The van der Waals surface area contributed by atoms with E-state index in [1.165, 1.54) is 27.7 Å². The lowest BCUT2D eigenvalue weighted by atomic mass is 9.78. The van der Waals surface area contributed by atoms with E-state index in [2.05, 4.69) is 47.6 Å². The van der Waals surface area contributed by atoms with Gasteiger partial charge in [-0.1, -0.05) is 103 Å². The Morgan fingerprint density at radius 2 is 0.557 bits per heavy atom. The van der Waals surface area contributed by atoms with Crippen LogP contribution in [0.5, 0.6) is 23.0 Å². The maximum Gasteiger partial charge on any atom is 0.409 e. The molecule has 0 fully saturated rings. The molecule has 4 unspecified atom stereocenters. The summed E-state index contributed by atoms with van der Waals surface area (Å²) in [5, 5.41) is 9.53. The third-order valence-electron chi connectivity index (χ3n) is 13.1. The summed E-state index contributed by atoms with van der Waals surface area (Å²) in [4.78, 5) is 102. The maximum absolute atomic E-state index is 13.0. The lowest BCUT2D eigenvalue weighted by Gasteiger charge is -2.27. The van der Waals surface area contributed by atoms with E-state index in [0.717, 1.165) is 22.3 Å². The molecule has 0 radical (unpaired) electrons. The molecular formula is C64H76N4O20. The fourth-order valence-electron chi connectivity index (χ4n) is 7.74. The molecule has 8 bridgehead atoms. The van der Waals surface area contributed by atoms with Crippen LogP contribution in [0, 0.1) is 0 Å². The van der Waals surface area contributed by atoms with E-state index < -0.39 is 123 Å². The molecule has 24 heteroatoms. The van der Waals surface area contributed by atoms with Gasteiger partial charge in [-0.2, -0.15) is 0 Å². The first-order valence-corrected chi connectivity index (χ1v) is 27.7. The summed E-state index contributed by atoms with van der Waals surface area (Å²) in [6.45, 7) is 24.6. The van der Waals surface area contributed by atoms with Gasteiger partial charge in [-0.3, -0.25) is 0 Å². The Morgan fingerprint density at radius 3 is 0.727 bits per heavy atom. The SMILES string of the molecule is C=C(C)C(=O)OCC1COc2ccc(cc2)C(C)(C)c2ccc(cc2)OCC(COC(=O)C(=C)C)OC(=O)NCNC(=O)OC(COC(=O)C(=C)C)COc2ccc(cc2)C(C)(C)c2ccc(cc2)OCC(COC(=O)C(=C)C)OC(=O)NCNC(=O)O1. The number of hydrogen-bond donors (Lipinski definition) is 4. The predicted molar refractivity (Wildman–Crippen MR) is 318 cm³/mol. The van der Waals surface area contributed by atoms with Crippen molar-refractivity contribution in [2.45, 2.75) is 90.6 Å². The Balaban J connectivity index is 1.36. The van der Waals surface area contributed by atoms with Gasteiger partial charge in [0, 0.05) is 33.1 Å². The minimum Gasteiger partial charge on any atom is -0.490 e. The topological polar surface area (TPSA) is 295 Å². The average Bonchev–Trinajstić information content (AvgIpc) is 3.70. The molecule has 11 rings (SSSR count). The third kappa shape index (κ3) is 22.4. The second-order valence-electron chi connectivity index (χ2n) is 21.3. The molecule has 7 aliphatic heterocycles. The fourth-order valence-corrected chi connectivity index (χ4v) is 7.74. The van der Waals surface area contributed by atoms with Gasteiger partial charge in [0.25, 0.3) is 0 Å². The van der Waals surface area contributed by atoms with Crippen LogP contribution in [0.1, 0.15) is 77.6 Å². The van der Waals surface area contributed by atoms with Crippen LogP contribution in [0.25, 0.3) is 0 Å². The monoisotopic (exact) mass is 1220 g/mol. The van der Waals surface area contributed by atoms with E-state index in [-0.39, 0.29) is 48.7 Å². The zero-order chi connectivity index (χ0) is 64.6. The quantitative estimate of drug-likeness (QED) is 0.0588. The minimum atomic E-state index is -1.13. The van der Waals surface area contributed by atoms with Crippen molar-refractivity contribution in [1.82, 2.24) is 21.3 Å². The standard InChI is InChI=1S/C64H76N4O20/c1-39(2)55(69)81-33-51-29-77-47-21-13-43(14-22-47)63(9,10)44-15-23-48(24-16-44)79-31-53(35-83-57(71)41(5)6)87-61(75)67-38-68-62(76)88-54(36-84-58(72)42(7)8)32-80-50-27-19-46(20-28-50)64(11,12)45-17-25-49(26-18-45)78-30-52(34-82-56(70)40(3)4)86-60(74)66-37-65-59(73)85-51/h13-28,51-54H,1,3,5,7,29-38H2,2,4,6,8-12H3,(H,65,73)(H,66,74)(H,67,75)(H,68,76). The first kappa shape index (κ1) is 68.8. The lowest BCUT2D eigenvalue weighted by molar-refractivity contribution is -0.143. The average molecular weight is 1220 g/mol. The van der Waals surface area contributed by atoms with Crippen molar-refractivity contribution in [1.29, 1.82) is 0 Å². The van der Waals surface area contributed by atoms with E-state index >= 15 is 0 Å². The van der Waals surface area contributed by atoms with Crippen molar-refractivity contribution >= 4 is 48.3 Å². The third-order valence-corrected chi connectivity index (χ3v) is 13.1. The van der Waals surface area contributed by atoms with Crippen molar-refractivity contribution in [3.8, 4) is 23.0 Å². The first-order chi connectivity index (χ1) is 41.7. The van der Waals surface area contributed by atoms with Gasteiger partial charge in [-0.05, 0) is 98.5 Å². The normalized spacial score (nSPS) is 18.7. The number of carbonyl (C=O) groups excluding carboxylic acids is 8. The van der Waals surface area contributed by atoms with Gasteiger partial charge >= 0.3 is 48.3 Å². The Hall–Kier alpha value is -10.00. The summed E-state index contributed by atoms with van der Waals surface area (Å²) in [5.41, 5.74) is 2.85. The van der Waals surface area contributed by atoms with Crippen LogP contribution in [0.15, 0.2) is 146 Å². The van der Waals surface area contributed by atoms with Gasteiger partial charge in [0.05, 0.1) is 13.3 Å². The van der Waals surface area contributed by atoms with Gasteiger partial charge in [0.1, 0.15) is 75.9 Å².